The molecule has 0 saturated heterocycles. The number of aromatic nitrogens is 2. The summed E-state index contributed by atoms with van der Waals surface area (Å²) >= 11 is 0. The lowest BCUT2D eigenvalue weighted by Gasteiger charge is -2.10. The van der Waals surface area contributed by atoms with Gasteiger partial charge < -0.3 is 10.6 Å². The molecular formula is C16H14N4O. The van der Waals surface area contributed by atoms with Crippen LogP contribution in [0.2, 0.25) is 0 Å². The third-order valence-corrected chi connectivity index (χ3v) is 3.84. The monoisotopic (exact) mass is 278 g/mol. The SMILES string of the molecule is Cn1ncc2cc(Nc3cccc4c3C(=O)NC4)ccc21. The lowest BCUT2D eigenvalue weighted by molar-refractivity contribution is 0.0966. The van der Waals surface area contributed by atoms with E-state index in [9.17, 15) is 4.79 Å². The average Bonchev–Trinajstić information content (AvgIpc) is 3.04. The smallest absolute Gasteiger partial charge is 0.254 e. The first-order valence-corrected chi connectivity index (χ1v) is 6.81. The molecule has 0 spiro atoms. The normalized spacial score (nSPS) is 13.3. The summed E-state index contributed by atoms with van der Waals surface area (Å²) in [6.07, 6.45) is 1.84. The highest BCUT2D eigenvalue weighted by Crippen LogP contribution is 2.28. The zero-order valence-corrected chi connectivity index (χ0v) is 11.6. The molecule has 0 saturated carbocycles. The molecule has 0 fully saturated rings. The van der Waals surface area contributed by atoms with E-state index >= 15 is 0 Å². The number of hydrogen-bond donors (Lipinski definition) is 2. The molecule has 4 rings (SSSR count). The summed E-state index contributed by atoms with van der Waals surface area (Å²) in [4.78, 5) is 11.9. The highest BCUT2D eigenvalue weighted by molar-refractivity contribution is 6.04. The van der Waals surface area contributed by atoms with Gasteiger partial charge in [0, 0.05) is 24.7 Å². The number of aryl methyl sites for hydroxylation is 1. The van der Waals surface area contributed by atoms with E-state index in [1.165, 1.54) is 0 Å². The number of rotatable bonds is 2. The van der Waals surface area contributed by atoms with Gasteiger partial charge in [-0.15, -0.1) is 0 Å². The molecule has 0 unspecified atom stereocenters. The number of hydrogen-bond acceptors (Lipinski definition) is 3. The van der Waals surface area contributed by atoms with Crippen LogP contribution in [0, 0.1) is 0 Å². The zero-order valence-electron chi connectivity index (χ0n) is 11.6. The lowest BCUT2D eigenvalue weighted by Crippen LogP contribution is -2.13. The minimum Gasteiger partial charge on any atom is -0.355 e. The second-order valence-electron chi connectivity index (χ2n) is 5.19. The van der Waals surface area contributed by atoms with Crippen LogP contribution in [0.3, 0.4) is 0 Å². The first-order valence-electron chi connectivity index (χ1n) is 6.81. The van der Waals surface area contributed by atoms with Gasteiger partial charge in [0.05, 0.1) is 23.0 Å². The first-order chi connectivity index (χ1) is 10.2. The molecule has 0 atom stereocenters. The molecule has 0 aliphatic carbocycles. The number of nitrogens with zero attached hydrogens (tertiary/aromatic N) is 2. The molecule has 2 N–H and O–H groups in total. The van der Waals surface area contributed by atoms with Crippen LogP contribution in [0.4, 0.5) is 11.4 Å². The molecule has 3 aromatic rings. The molecule has 2 heterocycles. The quantitative estimate of drug-likeness (QED) is 0.757. The highest BCUT2D eigenvalue weighted by Gasteiger charge is 2.22. The van der Waals surface area contributed by atoms with Crippen LogP contribution in [-0.4, -0.2) is 15.7 Å². The Hall–Kier alpha value is -2.82. The summed E-state index contributed by atoms with van der Waals surface area (Å²) in [6.45, 7) is 0.603. The maximum atomic E-state index is 11.9. The van der Waals surface area contributed by atoms with Crippen LogP contribution in [-0.2, 0) is 13.6 Å². The van der Waals surface area contributed by atoms with Gasteiger partial charge >= 0.3 is 0 Å². The molecule has 104 valence electrons. The largest absolute Gasteiger partial charge is 0.355 e. The van der Waals surface area contributed by atoms with Gasteiger partial charge in [-0.05, 0) is 29.8 Å². The Morgan fingerprint density at radius 2 is 2.19 bits per heavy atom. The van der Waals surface area contributed by atoms with Crippen molar-refractivity contribution in [1.29, 1.82) is 0 Å². The van der Waals surface area contributed by atoms with Crippen molar-refractivity contribution >= 4 is 28.2 Å². The molecule has 1 aliphatic heterocycles. The van der Waals surface area contributed by atoms with Crippen LogP contribution >= 0.6 is 0 Å². The van der Waals surface area contributed by atoms with E-state index in [-0.39, 0.29) is 5.91 Å². The van der Waals surface area contributed by atoms with Crippen LogP contribution in [0.15, 0.2) is 42.6 Å². The minimum atomic E-state index is -0.0180. The van der Waals surface area contributed by atoms with Crippen molar-refractivity contribution in [3.05, 3.63) is 53.7 Å². The molecule has 2 aromatic carbocycles. The van der Waals surface area contributed by atoms with E-state index in [2.05, 4.69) is 15.7 Å². The standard InChI is InChI=1S/C16H14N4O/c1-20-14-6-5-12(7-11(14)9-18-20)19-13-4-2-3-10-8-17-16(21)15(10)13/h2-7,9,19H,8H2,1H3,(H,17,21). The number of anilines is 2. The predicted molar refractivity (Wildman–Crippen MR) is 81.6 cm³/mol. The summed E-state index contributed by atoms with van der Waals surface area (Å²) in [6, 6.07) is 11.9. The Labute approximate surface area is 121 Å². The Morgan fingerprint density at radius 3 is 3.10 bits per heavy atom. The van der Waals surface area contributed by atoms with Gasteiger partial charge in [-0.25, -0.2) is 0 Å². The number of fused-ring (bicyclic) bond motifs is 2. The zero-order chi connectivity index (χ0) is 14.4. The second-order valence-corrected chi connectivity index (χ2v) is 5.19. The molecule has 5 heteroatoms. The molecule has 5 nitrogen and oxygen atoms in total. The van der Waals surface area contributed by atoms with Gasteiger partial charge in [0.15, 0.2) is 0 Å². The maximum Gasteiger partial charge on any atom is 0.254 e. The summed E-state index contributed by atoms with van der Waals surface area (Å²) in [7, 11) is 1.92. The van der Waals surface area contributed by atoms with Crippen LogP contribution in [0.25, 0.3) is 10.9 Å². The van der Waals surface area contributed by atoms with Crippen LogP contribution < -0.4 is 10.6 Å². The van der Waals surface area contributed by atoms with Crippen molar-refractivity contribution in [2.75, 3.05) is 5.32 Å². The number of carbonyl (C=O) groups is 1. The summed E-state index contributed by atoms with van der Waals surface area (Å²) < 4.78 is 1.84. The highest BCUT2D eigenvalue weighted by atomic mass is 16.1. The fourth-order valence-corrected chi connectivity index (χ4v) is 2.78. The number of benzene rings is 2. The average molecular weight is 278 g/mol. The van der Waals surface area contributed by atoms with Crippen molar-refractivity contribution < 1.29 is 4.79 Å². The first kappa shape index (κ1) is 12.0. The van der Waals surface area contributed by atoms with Crippen LogP contribution in [0.1, 0.15) is 15.9 Å². The Balaban J connectivity index is 1.75. The van der Waals surface area contributed by atoms with Gasteiger partial charge in [-0.3, -0.25) is 9.48 Å². The molecule has 1 aliphatic rings. The van der Waals surface area contributed by atoms with E-state index < -0.39 is 0 Å². The van der Waals surface area contributed by atoms with Gasteiger partial charge in [0.1, 0.15) is 0 Å². The third kappa shape index (κ3) is 1.86. The van der Waals surface area contributed by atoms with Crippen molar-refractivity contribution in [2.24, 2.45) is 7.05 Å². The molecule has 1 amide bonds. The number of amides is 1. The van der Waals surface area contributed by atoms with Crippen molar-refractivity contribution in [3.63, 3.8) is 0 Å². The molecular weight excluding hydrogens is 264 g/mol. The van der Waals surface area contributed by atoms with E-state index in [1.807, 2.05) is 54.3 Å². The third-order valence-electron chi connectivity index (χ3n) is 3.84. The summed E-state index contributed by atoms with van der Waals surface area (Å²) in [5.41, 5.74) is 4.64. The lowest BCUT2D eigenvalue weighted by atomic mass is 10.1. The molecule has 0 radical (unpaired) electrons. The van der Waals surface area contributed by atoms with Gasteiger partial charge in [-0.1, -0.05) is 12.1 Å². The summed E-state index contributed by atoms with van der Waals surface area (Å²) in [5.74, 6) is -0.0180. The van der Waals surface area contributed by atoms with Gasteiger partial charge in [0.2, 0.25) is 0 Å². The van der Waals surface area contributed by atoms with Crippen molar-refractivity contribution in [1.82, 2.24) is 15.1 Å². The fraction of sp³-hybridized carbons (Fsp3) is 0.125. The van der Waals surface area contributed by atoms with Gasteiger partial charge in [0.25, 0.3) is 5.91 Å². The number of nitrogens with one attached hydrogen (secondary N) is 2. The van der Waals surface area contributed by atoms with Crippen LogP contribution in [0.5, 0.6) is 0 Å². The maximum absolute atomic E-state index is 11.9. The molecule has 0 bridgehead atoms. The fourth-order valence-electron chi connectivity index (χ4n) is 2.78. The summed E-state index contributed by atoms with van der Waals surface area (Å²) in [5, 5.41) is 11.5. The number of carbonyl (C=O) groups excluding carboxylic acids is 1. The topological polar surface area (TPSA) is 59.0 Å². The minimum absolute atomic E-state index is 0.0180. The van der Waals surface area contributed by atoms with E-state index in [0.717, 1.165) is 33.4 Å². The van der Waals surface area contributed by atoms with Gasteiger partial charge in [-0.2, -0.15) is 5.10 Å². The Bertz CT molecular complexity index is 866. The predicted octanol–water partition coefficient (Wildman–Crippen LogP) is 2.56. The van der Waals surface area contributed by atoms with E-state index in [4.69, 9.17) is 0 Å². The molecule has 1 aromatic heterocycles. The Morgan fingerprint density at radius 1 is 1.29 bits per heavy atom. The van der Waals surface area contributed by atoms with Crippen molar-refractivity contribution in [3.8, 4) is 0 Å². The van der Waals surface area contributed by atoms with E-state index in [0.29, 0.717) is 6.54 Å². The second kappa shape index (κ2) is 4.34. The van der Waals surface area contributed by atoms with E-state index in [1.54, 1.807) is 0 Å². The van der Waals surface area contributed by atoms with Crippen molar-refractivity contribution in [2.45, 2.75) is 6.54 Å². The Kier molecular flexibility index (Phi) is 2.47. The molecule has 21 heavy (non-hydrogen) atoms.